The number of nitrogens with one attached hydrogen (secondary N) is 1. The highest BCUT2D eigenvalue weighted by Gasteiger charge is 2.23. The summed E-state index contributed by atoms with van der Waals surface area (Å²) in [6.45, 7) is 3.31. The molecular weight excluding hydrogens is 538 g/mol. The topological polar surface area (TPSA) is 95.1 Å². The number of halogens is 1. The summed E-state index contributed by atoms with van der Waals surface area (Å²) in [6.07, 6.45) is 3.81. The van der Waals surface area contributed by atoms with Gasteiger partial charge in [-0.05, 0) is 38.0 Å². The lowest BCUT2D eigenvalue weighted by Crippen LogP contribution is -2.18. The fraction of sp³-hybridized carbons (Fsp3) is 0.304. The Labute approximate surface area is 213 Å². The number of benzene rings is 1. The summed E-state index contributed by atoms with van der Waals surface area (Å²) in [5, 5.41) is 14.8. The zero-order valence-electron chi connectivity index (χ0n) is 18.4. The van der Waals surface area contributed by atoms with E-state index in [1.54, 1.807) is 6.26 Å². The van der Waals surface area contributed by atoms with Crippen LogP contribution in [-0.4, -0.2) is 44.1 Å². The van der Waals surface area contributed by atoms with Crippen LogP contribution in [0, 0.1) is 6.92 Å². The third-order valence-corrected chi connectivity index (χ3v) is 7.70. The second-order valence-electron chi connectivity index (χ2n) is 7.82. The summed E-state index contributed by atoms with van der Waals surface area (Å²) < 4.78 is 14.3. The van der Waals surface area contributed by atoms with Crippen molar-refractivity contribution in [3.05, 3.63) is 52.2 Å². The van der Waals surface area contributed by atoms with Crippen molar-refractivity contribution in [2.24, 2.45) is 0 Å². The quantitative estimate of drug-likeness (QED) is 0.279. The summed E-state index contributed by atoms with van der Waals surface area (Å²) in [7, 11) is 0. The molecule has 1 aliphatic heterocycles. The number of thiazole rings is 1. The molecule has 4 heterocycles. The monoisotopic (exact) mass is 559 g/mol. The van der Waals surface area contributed by atoms with E-state index in [4.69, 9.17) is 9.15 Å². The SMILES string of the molecule is Cc1occc1-c1nnc(SCC(=O)Nc2nc(-c3ccc(Br)cc3)cs2)n1CC1CCCO1. The molecule has 0 radical (unpaired) electrons. The molecule has 3 aromatic heterocycles. The Hall–Kier alpha value is -2.47. The van der Waals surface area contributed by atoms with Gasteiger partial charge >= 0.3 is 0 Å². The smallest absolute Gasteiger partial charge is 0.236 e. The highest BCUT2D eigenvalue weighted by molar-refractivity contribution is 9.10. The van der Waals surface area contributed by atoms with Gasteiger partial charge in [0.1, 0.15) is 5.76 Å². The Kier molecular flexibility index (Phi) is 7.14. The molecule has 176 valence electrons. The van der Waals surface area contributed by atoms with Crippen LogP contribution in [-0.2, 0) is 16.1 Å². The maximum atomic E-state index is 12.7. The molecule has 8 nitrogen and oxygen atoms in total. The van der Waals surface area contributed by atoms with Gasteiger partial charge in [0, 0.05) is 22.0 Å². The highest BCUT2D eigenvalue weighted by Crippen LogP contribution is 2.30. The third-order valence-electron chi connectivity index (χ3n) is 5.45. The third kappa shape index (κ3) is 5.27. The van der Waals surface area contributed by atoms with Crippen LogP contribution >= 0.6 is 39.0 Å². The minimum atomic E-state index is -0.144. The van der Waals surface area contributed by atoms with Crippen molar-refractivity contribution in [1.82, 2.24) is 19.7 Å². The number of furan rings is 1. The van der Waals surface area contributed by atoms with Gasteiger partial charge in [0.05, 0.1) is 35.9 Å². The Morgan fingerprint density at radius 1 is 1.29 bits per heavy atom. The molecule has 0 bridgehead atoms. The summed E-state index contributed by atoms with van der Waals surface area (Å²) in [5.74, 6) is 1.56. The molecule has 1 aromatic carbocycles. The van der Waals surface area contributed by atoms with Gasteiger partial charge in [0.15, 0.2) is 16.1 Å². The fourth-order valence-electron chi connectivity index (χ4n) is 3.74. The van der Waals surface area contributed by atoms with Gasteiger partial charge in [-0.3, -0.25) is 9.36 Å². The van der Waals surface area contributed by atoms with E-state index in [9.17, 15) is 4.79 Å². The number of carbonyl (C=O) groups is 1. The first-order valence-electron chi connectivity index (χ1n) is 10.8. The number of nitrogens with zero attached hydrogens (tertiary/aromatic N) is 4. The molecule has 5 rings (SSSR count). The van der Waals surface area contributed by atoms with Gasteiger partial charge in [-0.2, -0.15) is 0 Å². The fourth-order valence-corrected chi connectivity index (χ4v) is 5.49. The van der Waals surface area contributed by atoms with Crippen molar-refractivity contribution in [2.45, 2.75) is 37.6 Å². The van der Waals surface area contributed by atoms with Crippen molar-refractivity contribution in [1.29, 1.82) is 0 Å². The van der Waals surface area contributed by atoms with Crippen molar-refractivity contribution in [3.63, 3.8) is 0 Å². The molecule has 4 aromatic rings. The van der Waals surface area contributed by atoms with Crippen LogP contribution in [0.15, 0.2) is 56.0 Å². The minimum absolute atomic E-state index is 0.113. The first kappa shape index (κ1) is 23.3. The molecule has 1 saturated heterocycles. The van der Waals surface area contributed by atoms with Gasteiger partial charge in [0.25, 0.3) is 0 Å². The lowest BCUT2D eigenvalue weighted by atomic mass is 10.2. The summed E-state index contributed by atoms with van der Waals surface area (Å²) in [5.41, 5.74) is 2.72. The van der Waals surface area contributed by atoms with Crippen LogP contribution in [0.2, 0.25) is 0 Å². The van der Waals surface area contributed by atoms with Crippen LogP contribution in [0.5, 0.6) is 0 Å². The number of rotatable bonds is 8. The van der Waals surface area contributed by atoms with E-state index >= 15 is 0 Å². The van der Waals surface area contributed by atoms with Gasteiger partial charge in [0.2, 0.25) is 5.91 Å². The molecule has 0 saturated carbocycles. The molecule has 1 unspecified atom stereocenters. The van der Waals surface area contributed by atoms with E-state index in [0.717, 1.165) is 52.3 Å². The molecule has 1 fully saturated rings. The first-order valence-corrected chi connectivity index (χ1v) is 13.5. The summed E-state index contributed by atoms with van der Waals surface area (Å²) in [4.78, 5) is 17.2. The summed E-state index contributed by atoms with van der Waals surface area (Å²) >= 11 is 6.19. The van der Waals surface area contributed by atoms with E-state index in [1.807, 2.05) is 47.2 Å². The predicted molar refractivity (Wildman–Crippen MR) is 136 cm³/mol. The molecule has 34 heavy (non-hydrogen) atoms. The van der Waals surface area contributed by atoms with Crippen molar-refractivity contribution >= 4 is 50.1 Å². The molecule has 1 amide bonds. The molecule has 1 N–H and O–H groups in total. The van der Waals surface area contributed by atoms with E-state index in [2.05, 4.69) is 36.4 Å². The lowest BCUT2D eigenvalue weighted by Gasteiger charge is -2.14. The number of hydrogen-bond donors (Lipinski definition) is 1. The van der Waals surface area contributed by atoms with Crippen LogP contribution in [0.25, 0.3) is 22.6 Å². The lowest BCUT2D eigenvalue weighted by molar-refractivity contribution is -0.113. The predicted octanol–water partition coefficient (Wildman–Crippen LogP) is 5.64. The average Bonchev–Trinajstić information content (AvgIpc) is 3.62. The van der Waals surface area contributed by atoms with E-state index < -0.39 is 0 Å². The maximum absolute atomic E-state index is 12.7. The number of carbonyl (C=O) groups excluding carboxylic acids is 1. The zero-order chi connectivity index (χ0) is 23.5. The summed E-state index contributed by atoms with van der Waals surface area (Å²) in [6, 6.07) is 9.80. The number of aryl methyl sites for hydroxylation is 1. The molecule has 0 spiro atoms. The van der Waals surface area contributed by atoms with Crippen LogP contribution < -0.4 is 5.32 Å². The second kappa shape index (κ2) is 10.4. The molecule has 0 aliphatic carbocycles. The van der Waals surface area contributed by atoms with Crippen molar-refractivity contribution in [3.8, 4) is 22.6 Å². The van der Waals surface area contributed by atoms with Crippen molar-refractivity contribution in [2.75, 3.05) is 17.7 Å². The van der Waals surface area contributed by atoms with Gasteiger partial charge < -0.3 is 14.5 Å². The van der Waals surface area contributed by atoms with Crippen LogP contribution in [0.3, 0.4) is 0 Å². The van der Waals surface area contributed by atoms with Gasteiger partial charge in [-0.15, -0.1) is 21.5 Å². The van der Waals surface area contributed by atoms with E-state index in [0.29, 0.717) is 16.8 Å². The number of amides is 1. The van der Waals surface area contributed by atoms with Crippen molar-refractivity contribution < 1.29 is 13.9 Å². The standard InChI is InChI=1S/C23H22BrN5O3S2/c1-14-18(8-10-31-14)21-27-28-23(29(21)11-17-3-2-9-32-17)34-13-20(30)26-22-25-19(12-33-22)15-4-6-16(24)7-5-15/h4-8,10,12,17H,2-3,9,11,13H2,1H3,(H,25,26,30). The maximum Gasteiger partial charge on any atom is 0.236 e. The second-order valence-corrected chi connectivity index (χ2v) is 10.5. The van der Waals surface area contributed by atoms with Gasteiger partial charge in [-0.25, -0.2) is 4.98 Å². The number of thioether (sulfide) groups is 1. The zero-order valence-corrected chi connectivity index (χ0v) is 21.6. The van der Waals surface area contributed by atoms with E-state index in [1.165, 1.54) is 23.1 Å². The number of ether oxygens (including phenoxy) is 1. The number of hydrogen-bond acceptors (Lipinski definition) is 8. The largest absolute Gasteiger partial charge is 0.469 e. The molecular formula is C23H22BrN5O3S2. The molecule has 11 heteroatoms. The van der Waals surface area contributed by atoms with Crippen LogP contribution in [0.1, 0.15) is 18.6 Å². The normalized spacial score (nSPS) is 15.6. The Morgan fingerprint density at radius 2 is 2.15 bits per heavy atom. The molecule has 1 atom stereocenters. The Morgan fingerprint density at radius 3 is 2.88 bits per heavy atom. The first-order chi connectivity index (χ1) is 16.6. The Balaban J connectivity index is 1.26. The van der Waals surface area contributed by atoms with Gasteiger partial charge in [-0.1, -0.05) is 39.8 Å². The average molecular weight is 560 g/mol. The highest BCUT2D eigenvalue weighted by atomic mass is 79.9. The van der Waals surface area contributed by atoms with E-state index in [-0.39, 0.29) is 17.8 Å². The minimum Gasteiger partial charge on any atom is -0.469 e. The number of aromatic nitrogens is 4. The Bertz CT molecular complexity index is 1280. The molecule has 1 aliphatic rings. The van der Waals surface area contributed by atoms with Crippen LogP contribution in [0.4, 0.5) is 5.13 Å². The number of anilines is 1.